The maximum atomic E-state index is 14.4. The molecule has 5 rings (SSSR count). The Morgan fingerprint density at radius 1 is 0.549 bits per heavy atom. The molecule has 1 amide bonds. The highest BCUT2D eigenvalue weighted by atomic mass is 19.4. The van der Waals surface area contributed by atoms with Crippen LogP contribution < -0.4 is 20.1 Å². The zero-order valence-electron chi connectivity index (χ0n) is 40.6. The van der Waals surface area contributed by atoms with Gasteiger partial charge in [-0.25, -0.2) is 9.59 Å². The quantitative estimate of drug-likeness (QED) is 0.0352. The standard InChI is InChI=1S/C54H58F6N2O9/c1-9-27-50(7,11-3)45(63)41-30-37(22-24-39(41)47(65)66)70-35-18-13-32(14-19-35)49(5,6)33-15-20-36(21-16-33)71-38-23-25-40(48(67)68)42(31-38)46(64)61-44-26-17-34(62-51(8,12-4)28-10-2)29-43(44)52(69,53(55,56)57)54(58,59)60/h13-26,29-31,62,69H,9-12,27-28H2,1-8H3,(H,61,64)(H,65,66)(H,67,68). The Morgan fingerprint density at radius 3 is 1.42 bits per heavy atom. The Morgan fingerprint density at radius 2 is 1.00 bits per heavy atom. The second-order valence-corrected chi connectivity index (χ2v) is 18.6. The van der Waals surface area contributed by atoms with E-state index in [0.717, 1.165) is 41.8 Å². The van der Waals surface area contributed by atoms with E-state index in [1.165, 1.54) is 24.3 Å². The molecule has 5 aromatic rings. The molecule has 2 atom stereocenters. The van der Waals surface area contributed by atoms with Gasteiger partial charge in [0.05, 0.1) is 16.7 Å². The maximum Gasteiger partial charge on any atom is 0.430 e. The Bertz CT molecular complexity index is 2740. The lowest BCUT2D eigenvalue weighted by Gasteiger charge is -2.35. The molecule has 380 valence electrons. The van der Waals surface area contributed by atoms with Crippen LogP contribution in [-0.4, -0.2) is 56.8 Å². The highest BCUT2D eigenvalue weighted by Crippen LogP contribution is 2.53. The molecule has 11 nitrogen and oxygen atoms in total. The average molecular weight is 993 g/mol. The predicted octanol–water partition coefficient (Wildman–Crippen LogP) is 14.3. The summed E-state index contributed by atoms with van der Waals surface area (Å²) in [5, 5.41) is 35.3. The lowest BCUT2D eigenvalue weighted by Crippen LogP contribution is -2.54. The fourth-order valence-electron chi connectivity index (χ4n) is 8.48. The van der Waals surface area contributed by atoms with Crippen molar-refractivity contribution in [2.24, 2.45) is 5.41 Å². The first kappa shape index (κ1) is 55.1. The molecule has 0 saturated heterocycles. The third kappa shape index (κ3) is 11.8. The summed E-state index contributed by atoms with van der Waals surface area (Å²) in [6.07, 6.45) is -9.20. The van der Waals surface area contributed by atoms with E-state index in [1.807, 2.05) is 59.0 Å². The first-order valence-electron chi connectivity index (χ1n) is 23.0. The van der Waals surface area contributed by atoms with E-state index in [1.54, 1.807) is 50.2 Å². The minimum atomic E-state index is -6.31. The smallest absolute Gasteiger partial charge is 0.430 e. The van der Waals surface area contributed by atoms with Crippen molar-refractivity contribution in [2.75, 3.05) is 10.6 Å². The molecule has 0 heterocycles. The van der Waals surface area contributed by atoms with Crippen LogP contribution in [0.1, 0.15) is 152 Å². The predicted molar refractivity (Wildman–Crippen MR) is 257 cm³/mol. The van der Waals surface area contributed by atoms with Crippen molar-refractivity contribution in [3.05, 3.63) is 142 Å². The molecule has 17 heteroatoms. The third-order valence-corrected chi connectivity index (χ3v) is 13.2. The number of hydrogen-bond donors (Lipinski definition) is 5. The molecule has 71 heavy (non-hydrogen) atoms. The minimum absolute atomic E-state index is 0.0710. The van der Waals surface area contributed by atoms with Crippen molar-refractivity contribution in [3.8, 4) is 23.0 Å². The van der Waals surface area contributed by atoms with Crippen molar-refractivity contribution < 1.29 is 70.3 Å². The highest BCUT2D eigenvalue weighted by molar-refractivity contribution is 6.11. The molecule has 0 spiro atoms. The number of anilines is 2. The molecule has 2 unspecified atom stereocenters. The maximum absolute atomic E-state index is 14.4. The summed E-state index contributed by atoms with van der Waals surface area (Å²) >= 11 is 0. The molecule has 0 radical (unpaired) electrons. The van der Waals surface area contributed by atoms with Crippen LogP contribution >= 0.6 is 0 Å². The molecule has 0 aliphatic carbocycles. The van der Waals surface area contributed by atoms with E-state index in [2.05, 4.69) is 5.32 Å². The molecular weight excluding hydrogens is 935 g/mol. The number of alkyl halides is 6. The summed E-state index contributed by atoms with van der Waals surface area (Å²) < 4.78 is 98.2. The van der Waals surface area contributed by atoms with E-state index >= 15 is 0 Å². The lowest BCUT2D eigenvalue weighted by atomic mass is 9.75. The van der Waals surface area contributed by atoms with Crippen molar-refractivity contribution in [3.63, 3.8) is 0 Å². The Balaban J connectivity index is 1.39. The molecule has 5 aromatic carbocycles. The number of hydrogen-bond acceptors (Lipinski definition) is 8. The fourth-order valence-corrected chi connectivity index (χ4v) is 8.48. The number of carboxylic acid groups (broad SMARTS) is 2. The second kappa shape index (κ2) is 21.2. The molecule has 0 aliphatic rings. The van der Waals surface area contributed by atoms with Gasteiger partial charge in [-0.05, 0) is 123 Å². The number of benzene rings is 5. The van der Waals surface area contributed by atoms with E-state index in [0.29, 0.717) is 43.9 Å². The number of halogens is 6. The van der Waals surface area contributed by atoms with Crippen molar-refractivity contribution in [2.45, 2.75) is 123 Å². The Labute approximate surface area is 408 Å². The largest absolute Gasteiger partial charge is 0.478 e. The molecule has 0 aromatic heterocycles. The molecular formula is C54H58F6N2O9. The van der Waals surface area contributed by atoms with Gasteiger partial charge in [0.1, 0.15) is 23.0 Å². The number of Topliss-reactive ketones (excluding diaryl/α,β-unsaturated/α-hetero) is 1. The summed E-state index contributed by atoms with van der Waals surface area (Å²) in [6.45, 7) is 15.0. The number of rotatable bonds is 21. The first-order chi connectivity index (χ1) is 33.1. The summed E-state index contributed by atoms with van der Waals surface area (Å²) in [6, 6.07) is 23.8. The number of amides is 1. The van der Waals surface area contributed by atoms with Gasteiger partial charge in [-0.3, -0.25) is 9.59 Å². The van der Waals surface area contributed by atoms with E-state index in [-0.39, 0.29) is 39.8 Å². The summed E-state index contributed by atoms with van der Waals surface area (Å²) in [4.78, 5) is 51.8. The van der Waals surface area contributed by atoms with Crippen LogP contribution in [0.25, 0.3) is 0 Å². The van der Waals surface area contributed by atoms with Gasteiger partial charge < -0.3 is 35.4 Å². The fraction of sp³-hybridized carbons (Fsp3) is 0.370. The number of carbonyl (C=O) groups is 4. The van der Waals surface area contributed by atoms with Crippen LogP contribution in [0.5, 0.6) is 23.0 Å². The van der Waals surface area contributed by atoms with Crippen LogP contribution in [-0.2, 0) is 11.0 Å². The van der Waals surface area contributed by atoms with Gasteiger partial charge in [0, 0.05) is 38.9 Å². The Hall–Kier alpha value is -6.88. The van der Waals surface area contributed by atoms with Crippen LogP contribution in [0.15, 0.2) is 103 Å². The Kier molecular flexibility index (Phi) is 16.5. The number of nitrogens with one attached hydrogen (secondary N) is 2. The molecule has 0 bridgehead atoms. The van der Waals surface area contributed by atoms with E-state index < -0.39 is 74.5 Å². The molecule has 5 N–H and O–H groups in total. The van der Waals surface area contributed by atoms with Crippen LogP contribution in [0.2, 0.25) is 0 Å². The first-order valence-corrected chi connectivity index (χ1v) is 23.0. The highest BCUT2D eigenvalue weighted by Gasteiger charge is 2.72. The van der Waals surface area contributed by atoms with Gasteiger partial charge in [0.15, 0.2) is 5.78 Å². The summed E-state index contributed by atoms with van der Waals surface area (Å²) in [7, 11) is 0. The third-order valence-electron chi connectivity index (χ3n) is 13.2. The number of ketones is 1. The molecule has 0 fully saturated rings. The number of ether oxygens (including phenoxy) is 2. The topological polar surface area (TPSA) is 171 Å². The van der Waals surface area contributed by atoms with Gasteiger partial charge in [-0.2, -0.15) is 26.3 Å². The zero-order valence-corrected chi connectivity index (χ0v) is 40.6. The number of carbonyl (C=O) groups excluding carboxylic acids is 2. The molecule has 0 aliphatic heterocycles. The summed E-state index contributed by atoms with van der Waals surface area (Å²) in [5.41, 5.74) is -10.3. The minimum Gasteiger partial charge on any atom is -0.478 e. The summed E-state index contributed by atoms with van der Waals surface area (Å²) in [5.74, 6) is -3.70. The van der Waals surface area contributed by atoms with E-state index in [4.69, 9.17) is 9.47 Å². The van der Waals surface area contributed by atoms with Gasteiger partial charge in [-0.15, -0.1) is 0 Å². The number of aromatic carboxylic acids is 2. The lowest BCUT2D eigenvalue weighted by molar-refractivity contribution is -0.376. The second-order valence-electron chi connectivity index (χ2n) is 18.6. The van der Waals surface area contributed by atoms with Gasteiger partial charge in [0.2, 0.25) is 0 Å². The van der Waals surface area contributed by atoms with Gasteiger partial charge in [0.25, 0.3) is 11.5 Å². The molecule has 0 saturated carbocycles. The number of aliphatic hydroxyl groups is 1. The van der Waals surface area contributed by atoms with Gasteiger partial charge >= 0.3 is 24.3 Å². The van der Waals surface area contributed by atoms with Crippen molar-refractivity contribution in [1.29, 1.82) is 0 Å². The zero-order chi connectivity index (χ0) is 52.9. The number of carboxylic acids is 2. The van der Waals surface area contributed by atoms with Crippen LogP contribution in [0.4, 0.5) is 37.7 Å². The van der Waals surface area contributed by atoms with Crippen molar-refractivity contribution in [1.82, 2.24) is 0 Å². The normalized spacial score (nSPS) is 13.9. The van der Waals surface area contributed by atoms with Crippen LogP contribution in [0, 0.1) is 5.41 Å². The van der Waals surface area contributed by atoms with Gasteiger partial charge in [-0.1, -0.05) is 85.6 Å². The average Bonchev–Trinajstić information content (AvgIpc) is 3.31. The van der Waals surface area contributed by atoms with E-state index in [9.17, 15) is 60.8 Å². The van der Waals surface area contributed by atoms with Crippen LogP contribution in [0.3, 0.4) is 0 Å². The van der Waals surface area contributed by atoms with Crippen molar-refractivity contribution >= 4 is 35.0 Å². The SMILES string of the molecule is CCCC(C)(CC)Nc1ccc(NC(=O)c2cc(Oc3ccc(C(C)(C)c4ccc(Oc5ccc(C(=O)O)c(C(=O)C(C)(CC)CCC)c5)cc4)cc3)ccc2C(=O)O)c(C(O)(C(F)(F)F)C(F)(F)F)c1. The monoisotopic (exact) mass is 992 g/mol.